The van der Waals surface area contributed by atoms with Gasteiger partial charge < -0.3 is 15.8 Å². The van der Waals surface area contributed by atoms with Gasteiger partial charge in [-0.1, -0.05) is 27.7 Å². The number of rotatable bonds is 3. The van der Waals surface area contributed by atoms with E-state index in [2.05, 4.69) is 39.1 Å². The molecule has 2 aliphatic rings. The molecule has 2 atom stereocenters. The van der Waals surface area contributed by atoms with Gasteiger partial charge in [-0.25, -0.2) is 9.78 Å². The number of nitrogens with one attached hydrogen (secondary N) is 1. The number of aromatic nitrogens is 1. The first-order valence-corrected chi connectivity index (χ1v) is 13.9. The highest BCUT2D eigenvalue weighted by molar-refractivity contribution is 7.21. The van der Waals surface area contributed by atoms with Crippen LogP contribution in [0.25, 0.3) is 10.2 Å². The number of pyridine rings is 1. The average molecular weight is 512 g/mol. The number of carbonyl (C=O) groups excluding carboxylic acids is 2. The predicted octanol–water partition coefficient (Wildman–Crippen LogP) is 6.25. The number of ether oxygens (including phenoxy) is 1. The smallest absolute Gasteiger partial charge is 0.341 e. The summed E-state index contributed by atoms with van der Waals surface area (Å²) in [4.78, 5) is 33.3. The van der Waals surface area contributed by atoms with Gasteiger partial charge >= 0.3 is 5.97 Å². The standard InChI is InChI=1S/C27H33N3O3S2/c1-13-6-8-16-19(10-13)34-25(20(16)26(32)33-5)30-23(31)22-21(28)17-12-14-11-15(27(2,3)4)7-9-18(14)29-24(17)35-22/h12-13,15H,6-11,28H2,1-5H3,(H,30,31). The Morgan fingerprint density at radius 1 is 1.17 bits per heavy atom. The van der Waals surface area contributed by atoms with Crippen LogP contribution in [0.3, 0.4) is 0 Å². The van der Waals surface area contributed by atoms with Crippen LogP contribution in [0.1, 0.15) is 82.3 Å². The van der Waals surface area contributed by atoms with Crippen LogP contribution in [0.2, 0.25) is 0 Å². The molecule has 8 heteroatoms. The summed E-state index contributed by atoms with van der Waals surface area (Å²) in [6.45, 7) is 9.10. The van der Waals surface area contributed by atoms with E-state index in [9.17, 15) is 9.59 Å². The summed E-state index contributed by atoms with van der Waals surface area (Å²) in [5.41, 5.74) is 11.1. The fourth-order valence-electron chi connectivity index (χ4n) is 5.41. The van der Waals surface area contributed by atoms with Crippen molar-refractivity contribution in [3.63, 3.8) is 0 Å². The van der Waals surface area contributed by atoms with E-state index in [-0.39, 0.29) is 11.3 Å². The van der Waals surface area contributed by atoms with Crippen LogP contribution in [0.15, 0.2) is 6.07 Å². The average Bonchev–Trinajstić information content (AvgIpc) is 3.32. The minimum absolute atomic E-state index is 0.243. The van der Waals surface area contributed by atoms with E-state index >= 15 is 0 Å². The number of nitrogen functional groups attached to an aromatic ring is 1. The first-order valence-electron chi connectivity index (χ1n) is 12.3. The molecule has 5 rings (SSSR count). The minimum atomic E-state index is -0.403. The number of esters is 1. The summed E-state index contributed by atoms with van der Waals surface area (Å²) in [6.07, 6.45) is 5.83. The molecule has 3 heterocycles. The zero-order valence-electron chi connectivity index (χ0n) is 21.0. The Bertz CT molecular complexity index is 1330. The lowest BCUT2D eigenvalue weighted by atomic mass is 9.71. The van der Waals surface area contributed by atoms with Crippen LogP contribution in [0.5, 0.6) is 0 Å². The molecule has 0 spiro atoms. The zero-order chi connectivity index (χ0) is 25.1. The van der Waals surface area contributed by atoms with Crippen LogP contribution in [0, 0.1) is 17.3 Å². The van der Waals surface area contributed by atoms with Crippen molar-refractivity contribution < 1.29 is 14.3 Å². The van der Waals surface area contributed by atoms with Crippen molar-refractivity contribution in [2.75, 3.05) is 18.2 Å². The Labute approximate surface area is 214 Å². The van der Waals surface area contributed by atoms with Crippen molar-refractivity contribution in [2.24, 2.45) is 17.3 Å². The highest BCUT2D eigenvalue weighted by Gasteiger charge is 2.32. The Hall–Kier alpha value is -2.45. The SMILES string of the molecule is COC(=O)c1c(NC(=O)c2sc3nc4c(cc3c2N)CC(C(C)(C)C)CC4)sc2c1CCC(C)C2. The van der Waals surface area contributed by atoms with Gasteiger partial charge in [0, 0.05) is 16.0 Å². The van der Waals surface area contributed by atoms with Crippen molar-refractivity contribution in [3.8, 4) is 0 Å². The number of methoxy groups -OCH3 is 1. The Morgan fingerprint density at radius 2 is 1.94 bits per heavy atom. The lowest BCUT2D eigenvalue weighted by molar-refractivity contribution is 0.0601. The Morgan fingerprint density at radius 3 is 2.66 bits per heavy atom. The molecule has 6 nitrogen and oxygen atoms in total. The van der Waals surface area contributed by atoms with E-state index in [1.54, 1.807) is 0 Å². The van der Waals surface area contributed by atoms with Gasteiger partial charge in [0.05, 0.1) is 18.4 Å². The van der Waals surface area contributed by atoms with Crippen LogP contribution in [-0.4, -0.2) is 24.0 Å². The second kappa shape index (κ2) is 8.89. The van der Waals surface area contributed by atoms with Crippen molar-refractivity contribution in [2.45, 2.75) is 66.2 Å². The molecule has 0 radical (unpaired) electrons. The number of nitrogens with zero attached hydrogens (tertiary/aromatic N) is 1. The molecule has 3 N–H and O–H groups in total. The van der Waals surface area contributed by atoms with Crippen molar-refractivity contribution in [1.29, 1.82) is 0 Å². The number of thiophene rings is 2. The fraction of sp³-hybridized carbons (Fsp3) is 0.519. The number of nitrogens with two attached hydrogens (primary N) is 1. The van der Waals surface area contributed by atoms with Crippen LogP contribution >= 0.6 is 22.7 Å². The summed E-state index contributed by atoms with van der Waals surface area (Å²) >= 11 is 2.81. The molecule has 0 saturated carbocycles. The molecule has 186 valence electrons. The molecule has 0 bridgehead atoms. The maximum atomic E-state index is 13.4. The summed E-state index contributed by atoms with van der Waals surface area (Å²) < 4.78 is 5.06. The van der Waals surface area contributed by atoms with E-state index in [0.29, 0.717) is 33.0 Å². The van der Waals surface area contributed by atoms with Gasteiger partial charge in [0.1, 0.15) is 14.7 Å². The number of hydrogen-bond acceptors (Lipinski definition) is 7. The molecule has 35 heavy (non-hydrogen) atoms. The maximum absolute atomic E-state index is 13.4. The van der Waals surface area contributed by atoms with Gasteiger partial charge in [0.15, 0.2) is 0 Å². The predicted molar refractivity (Wildman–Crippen MR) is 144 cm³/mol. The molecule has 0 aliphatic heterocycles. The van der Waals surface area contributed by atoms with Gasteiger partial charge in [-0.2, -0.15) is 0 Å². The molecule has 1 amide bonds. The monoisotopic (exact) mass is 511 g/mol. The van der Waals surface area contributed by atoms with Crippen LogP contribution in [0.4, 0.5) is 10.7 Å². The maximum Gasteiger partial charge on any atom is 0.341 e. The molecular weight excluding hydrogens is 478 g/mol. The van der Waals surface area contributed by atoms with E-state index in [4.69, 9.17) is 15.5 Å². The molecule has 0 fully saturated rings. The zero-order valence-corrected chi connectivity index (χ0v) is 22.7. The minimum Gasteiger partial charge on any atom is -0.465 e. The summed E-state index contributed by atoms with van der Waals surface area (Å²) in [6, 6.07) is 2.14. The third-order valence-electron chi connectivity index (χ3n) is 7.64. The second-order valence-corrected chi connectivity index (χ2v) is 13.2. The first kappa shape index (κ1) is 24.3. The summed E-state index contributed by atoms with van der Waals surface area (Å²) in [7, 11) is 1.38. The van der Waals surface area contributed by atoms with Gasteiger partial charge in [0.25, 0.3) is 5.91 Å². The second-order valence-electron chi connectivity index (χ2n) is 11.1. The quantitative estimate of drug-likeness (QED) is 0.405. The number of amides is 1. The van der Waals surface area contributed by atoms with E-state index < -0.39 is 5.97 Å². The fourth-order valence-corrected chi connectivity index (χ4v) is 7.80. The van der Waals surface area contributed by atoms with Crippen LogP contribution < -0.4 is 11.1 Å². The molecule has 2 aliphatic carbocycles. The number of fused-ring (bicyclic) bond motifs is 3. The largest absolute Gasteiger partial charge is 0.465 e. The highest BCUT2D eigenvalue weighted by Crippen LogP contribution is 2.43. The molecule has 0 aromatic carbocycles. The van der Waals surface area contributed by atoms with Gasteiger partial charge in [-0.05, 0) is 73.0 Å². The van der Waals surface area contributed by atoms with Crippen molar-refractivity contribution >= 4 is 55.5 Å². The Balaban J connectivity index is 1.48. The van der Waals surface area contributed by atoms with E-state index in [1.165, 1.54) is 35.3 Å². The third-order valence-corrected chi connectivity index (χ3v) is 9.93. The molecule has 0 saturated heterocycles. The molecule has 2 unspecified atom stereocenters. The number of anilines is 2. The lowest BCUT2D eigenvalue weighted by Gasteiger charge is -2.34. The lowest BCUT2D eigenvalue weighted by Crippen LogP contribution is -2.27. The Kier molecular flexibility index (Phi) is 6.16. The van der Waals surface area contributed by atoms with Gasteiger partial charge in [-0.3, -0.25) is 4.79 Å². The summed E-state index contributed by atoms with van der Waals surface area (Å²) in [5.74, 6) is 0.455. The normalized spacial score (nSPS) is 19.8. The number of aryl methyl sites for hydroxylation is 1. The van der Waals surface area contributed by atoms with Crippen molar-refractivity contribution in [1.82, 2.24) is 4.98 Å². The third kappa shape index (κ3) is 4.35. The topological polar surface area (TPSA) is 94.3 Å². The van der Waals surface area contributed by atoms with E-state index in [0.717, 1.165) is 64.9 Å². The van der Waals surface area contributed by atoms with E-state index in [1.807, 2.05) is 0 Å². The molecular formula is C27H33N3O3S2. The van der Waals surface area contributed by atoms with Crippen molar-refractivity contribution in [3.05, 3.63) is 38.2 Å². The van der Waals surface area contributed by atoms with Gasteiger partial charge in [0.2, 0.25) is 0 Å². The summed E-state index contributed by atoms with van der Waals surface area (Å²) in [5, 5.41) is 4.40. The van der Waals surface area contributed by atoms with Gasteiger partial charge in [-0.15, -0.1) is 22.7 Å². The highest BCUT2D eigenvalue weighted by atomic mass is 32.1. The molecule has 3 aromatic heterocycles. The number of hydrogen-bond donors (Lipinski definition) is 2. The molecule has 3 aromatic rings. The van der Waals surface area contributed by atoms with Crippen LogP contribution in [-0.2, 0) is 30.4 Å². The first-order chi connectivity index (χ1) is 16.6. The number of carbonyl (C=O) groups is 2.